The van der Waals surface area contributed by atoms with Crippen LogP contribution in [0.15, 0.2) is 18.2 Å². The van der Waals surface area contributed by atoms with Gasteiger partial charge in [-0.2, -0.15) is 13.2 Å². The summed E-state index contributed by atoms with van der Waals surface area (Å²) in [7, 11) is 5.09. The van der Waals surface area contributed by atoms with Gasteiger partial charge in [0.2, 0.25) is 0 Å². The zero-order valence-corrected chi connectivity index (χ0v) is 25.3. The molecule has 1 aliphatic rings. The number of halogens is 5. The van der Waals surface area contributed by atoms with E-state index in [4.69, 9.17) is 14.2 Å². The largest absolute Gasteiger partial charge is 0.458 e. The van der Waals surface area contributed by atoms with Crippen molar-refractivity contribution in [3.63, 3.8) is 0 Å². The Labute approximate surface area is 241 Å². The maximum Gasteiger partial charge on any atom is 0.399 e. The van der Waals surface area contributed by atoms with Crippen LogP contribution in [-0.4, -0.2) is 95.0 Å². The van der Waals surface area contributed by atoms with Crippen molar-refractivity contribution in [2.75, 3.05) is 67.5 Å². The van der Waals surface area contributed by atoms with Gasteiger partial charge in [0, 0.05) is 51.6 Å². The zero-order chi connectivity index (χ0) is 30.8. The molecule has 41 heavy (non-hydrogen) atoms. The molecular weight excluding hydrogens is 547 g/mol. The van der Waals surface area contributed by atoms with E-state index in [0.717, 1.165) is 11.1 Å². The highest BCUT2D eigenvalue weighted by Crippen LogP contribution is 2.48. The predicted octanol–water partition coefficient (Wildman–Crippen LogP) is 5.99. The minimum atomic E-state index is -4.68. The van der Waals surface area contributed by atoms with Gasteiger partial charge in [0.25, 0.3) is 0 Å². The monoisotopic (exact) mass is 594 g/mol. The Bertz CT molecular complexity index is 955. The fourth-order valence-electron chi connectivity index (χ4n) is 6.33. The molecule has 236 valence electrons. The summed E-state index contributed by atoms with van der Waals surface area (Å²) in [5.41, 5.74) is 0.0757. The summed E-state index contributed by atoms with van der Waals surface area (Å²) < 4.78 is 83.4. The van der Waals surface area contributed by atoms with E-state index in [1.807, 2.05) is 32.7 Å². The Balaban J connectivity index is 2.14. The Morgan fingerprint density at radius 3 is 2.34 bits per heavy atom. The van der Waals surface area contributed by atoms with Crippen molar-refractivity contribution in [2.45, 2.75) is 70.6 Å². The smallest absolute Gasteiger partial charge is 0.399 e. The molecule has 0 saturated carbocycles. The lowest BCUT2D eigenvalue weighted by Crippen LogP contribution is -2.49. The molecule has 0 aromatic heterocycles. The van der Waals surface area contributed by atoms with Crippen LogP contribution in [0, 0.1) is 17.2 Å². The van der Waals surface area contributed by atoms with E-state index in [-0.39, 0.29) is 17.2 Å². The maximum atomic E-state index is 14.0. The van der Waals surface area contributed by atoms with Gasteiger partial charge in [-0.05, 0) is 62.0 Å². The number of benzene rings is 1. The molecule has 1 aromatic carbocycles. The second kappa shape index (κ2) is 15.6. The average molecular weight is 595 g/mol. The van der Waals surface area contributed by atoms with E-state index >= 15 is 0 Å². The topological polar surface area (TPSA) is 51.2 Å². The number of methoxy groups -OCH3 is 2. The number of ether oxygens (including phenoxy) is 3. The predicted molar refractivity (Wildman–Crippen MR) is 148 cm³/mol. The molecule has 0 N–H and O–H groups in total. The third-order valence-electron chi connectivity index (χ3n) is 7.84. The quantitative estimate of drug-likeness (QED) is 0.126. The third-order valence-corrected chi connectivity index (χ3v) is 7.84. The van der Waals surface area contributed by atoms with E-state index in [1.165, 1.54) is 12.1 Å². The molecule has 6 nitrogen and oxygen atoms in total. The summed E-state index contributed by atoms with van der Waals surface area (Å²) in [4.78, 5) is 16.3. The van der Waals surface area contributed by atoms with Gasteiger partial charge >= 0.3 is 12.1 Å². The SMILES string of the molecule is COCC(C)(COC)CN(CF)CCCN(C)CC[C@@]1(OC(=O)CC(F)(F)F)CCc2cc(F)ccc2[C@@H]1C(C)C. The van der Waals surface area contributed by atoms with Gasteiger partial charge in [0.15, 0.2) is 0 Å². The average Bonchev–Trinajstić information content (AvgIpc) is 2.85. The standard InChI is InChI=1S/C30H47F5N2O4/c1-22(2)27-25-9-8-24(32)16-23(25)10-11-29(27,41-26(38)17-30(33,34)35)12-15-36(4)13-7-14-37(21-31)18-28(3,19-39-5)20-40-6/h8-9,16,22,27H,7,10-15,17-21H2,1-6H3/t27-,29-/m0/s1. The second-order valence-electron chi connectivity index (χ2n) is 12.2. The number of nitrogens with zero attached hydrogens (tertiary/aromatic N) is 2. The van der Waals surface area contributed by atoms with Crippen LogP contribution < -0.4 is 0 Å². The minimum absolute atomic E-state index is 0.0740. The van der Waals surface area contributed by atoms with Crippen LogP contribution in [0.3, 0.4) is 0 Å². The lowest BCUT2D eigenvalue weighted by Gasteiger charge is -2.47. The Morgan fingerprint density at radius 2 is 1.78 bits per heavy atom. The summed E-state index contributed by atoms with van der Waals surface area (Å²) in [6.07, 6.45) is -4.66. The second-order valence-corrected chi connectivity index (χ2v) is 12.2. The van der Waals surface area contributed by atoms with Crippen LogP contribution in [0.2, 0.25) is 0 Å². The summed E-state index contributed by atoms with van der Waals surface area (Å²) in [6, 6.07) is 4.46. The highest BCUT2D eigenvalue weighted by atomic mass is 19.4. The summed E-state index contributed by atoms with van der Waals surface area (Å²) in [5, 5.41) is 0. The molecule has 0 bridgehead atoms. The Hall–Kier alpha value is -1.82. The van der Waals surface area contributed by atoms with E-state index in [1.54, 1.807) is 25.2 Å². The van der Waals surface area contributed by atoms with Gasteiger partial charge in [0.1, 0.15) is 24.6 Å². The lowest BCUT2D eigenvalue weighted by atomic mass is 9.65. The number of aryl methyl sites for hydroxylation is 1. The van der Waals surface area contributed by atoms with E-state index < -0.39 is 36.9 Å². The van der Waals surface area contributed by atoms with E-state index in [9.17, 15) is 26.7 Å². The van der Waals surface area contributed by atoms with Gasteiger partial charge in [-0.15, -0.1) is 0 Å². The molecule has 1 aromatic rings. The molecule has 0 unspecified atom stereocenters. The summed E-state index contributed by atoms with van der Waals surface area (Å²) in [5.74, 6) is -2.14. The number of fused-ring (bicyclic) bond motifs is 1. The van der Waals surface area contributed by atoms with Gasteiger partial charge in [-0.1, -0.05) is 26.8 Å². The lowest BCUT2D eigenvalue weighted by molar-refractivity contribution is -0.189. The van der Waals surface area contributed by atoms with Gasteiger partial charge in [-0.3, -0.25) is 9.69 Å². The van der Waals surface area contributed by atoms with E-state index in [2.05, 4.69) is 0 Å². The first-order valence-electron chi connectivity index (χ1n) is 14.2. The molecule has 0 radical (unpaired) electrons. The van der Waals surface area contributed by atoms with Crippen molar-refractivity contribution in [3.05, 3.63) is 35.1 Å². The molecular formula is C30H47F5N2O4. The van der Waals surface area contributed by atoms with Crippen molar-refractivity contribution >= 4 is 5.97 Å². The Kier molecular flexibility index (Phi) is 13.5. The van der Waals surface area contributed by atoms with Crippen molar-refractivity contribution in [3.8, 4) is 0 Å². The van der Waals surface area contributed by atoms with Gasteiger partial charge in [0.05, 0.1) is 13.2 Å². The van der Waals surface area contributed by atoms with Crippen LogP contribution in [0.4, 0.5) is 22.0 Å². The summed E-state index contributed by atoms with van der Waals surface area (Å²) in [6.45, 7) is 8.14. The number of rotatable bonds is 17. The molecule has 0 aliphatic heterocycles. The molecule has 0 fully saturated rings. The molecule has 11 heteroatoms. The van der Waals surface area contributed by atoms with Crippen LogP contribution in [-0.2, 0) is 25.4 Å². The fourth-order valence-corrected chi connectivity index (χ4v) is 6.33. The fraction of sp³-hybridized carbons (Fsp3) is 0.767. The van der Waals surface area contributed by atoms with Crippen LogP contribution in [0.5, 0.6) is 0 Å². The van der Waals surface area contributed by atoms with Gasteiger partial charge < -0.3 is 19.1 Å². The highest BCUT2D eigenvalue weighted by Gasteiger charge is 2.49. The molecule has 2 rings (SSSR count). The number of alkyl halides is 4. The van der Waals surface area contributed by atoms with Crippen molar-refractivity contribution in [1.82, 2.24) is 9.80 Å². The number of carbonyl (C=O) groups excluding carboxylic acids is 1. The van der Waals surface area contributed by atoms with Crippen molar-refractivity contribution in [2.24, 2.45) is 11.3 Å². The Morgan fingerprint density at radius 1 is 1.12 bits per heavy atom. The molecule has 0 heterocycles. The van der Waals surface area contributed by atoms with Gasteiger partial charge in [-0.25, -0.2) is 8.78 Å². The number of esters is 1. The van der Waals surface area contributed by atoms with Crippen LogP contribution in [0.1, 0.15) is 63.5 Å². The first-order valence-corrected chi connectivity index (χ1v) is 14.2. The molecule has 0 saturated heterocycles. The zero-order valence-electron chi connectivity index (χ0n) is 25.3. The molecule has 0 spiro atoms. The molecule has 0 amide bonds. The third kappa shape index (κ3) is 10.8. The highest BCUT2D eigenvalue weighted by molar-refractivity contribution is 5.71. The minimum Gasteiger partial charge on any atom is -0.458 e. The maximum absolute atomic E-state index is 14.0. The number of carbonyl (C=O) groups is 1. The molecule has 1 aliphatic carbocycles. The van der Waals surface area contributed by atoms with Crippen molar-refractivity contribution in [1.29, 1.82) is 0 Å². The first-order chi connectivity index (χ1) is 19.2. The molecule has 2 atom stereocenters. The van der Waals surface area contributed by atoms with Crippen molar-refractivity contribution < 1.29 is 41.0 Å². The van der Waals surface area contributed by atoms with Crippen LogP contribution >= 0.6 is 0 Å². The van der Waals surface area contributed by atoms with E-state index in [0.29, 0.717) is 65.1 Å². The number of hydrogen-bond acceptors (Lipinski definition) is 6. The van der Waals surface area contributed by atoms with Crippen LogP contribution in [0.25, 0.3) is 0 Å². The normalized spacial score (nSPS) is 19.7. The number of hydrogen-bond donors (Lipinski definition) is 0. The summed E-state index contributed by atoms with van der Waals surface area (Å²) >= 11 is 0. The first kappa shape index (κ1) is 35.4.